The van der Waals surface area contributed by atoms with Crippen molar-refractivity contribution >= 4 is 11.9 Å². The largest absolute Gasteiger partial charge is 0.490 e. The van der Waals surface area contributed by atoms with E-state index in [-0.39, 0.29) is 24.5 Å². The molecule has 9 nitrogen and oxygen atoms in total. The van der Waals surface area contributed by atoms with Gasteiger partial charge in [0.25, 0.3) is 0 Å². The number of nitrogens with one attached hydrogen (secondary N) is 1. The van der Waals surface area contributed by atoms with E-state index in [1.807, 2.05) is 61.5 Å². The highest BCUT2D eigenvalue weighted by Crippen LogP contribution is 2.46. The number of aliphatic carboxylic acids is 1. The van der Waals surface area contributed by atoms with E-state index in [1.54, 1.807) is 6.20 Å². The average molecular weight is 792 g/mol. The Labute approximate surface area is 346 Å². The SMILES string of the molecule is CC[C@@H](c1ccccc1)N1Cc2cc3c(cc2C[C@H]1C(=O)NC(Cc1ccc(-c2ccnc(C)c2C)cc1)C(=O)O)OC[C@H](c1ccc(OC2CC4CCC2C4)cc1)O3. The molecule has 1 aromatic heterocycles. The van der Waals surface area contributed by atoms with Crippen molar-refractivity contribution in [2.75, 3.05) is 6.61 Å². The van der Waals surface area contributed by atoms with Crippen molar-refractivity contribution < 1.29 is 28.9 Å². The number of carbonyl (C=O) groups is 2. The Morgan fingerprint density at radius 3 is 2.42 bits per heavy atom. The maximum Gasteiger partial charge on any atom is 0.326 e. The summed E-state index contributed by atoms with van der Waals surface area (Å²) in [5.41, 5.74) is 9.23. The molecule has 7 atom stereocenters. The molecule has 1 amide bonds. The summed E-state index contributed by atoms with van der Waals surface area (Å²) < 4.78 is 19.4. The number of benzene rings is 4. The second-order valence-corrected chi connectivity index (χ2v) is 17.0. The van der Waals surface area contributed by atoms with Crippen LogP contribution in [0.15, 0.2) is 103 Å². The molecule has 9 heteroatoms. The number of hydrogen-bond donors (Lipinski definition) is 2. The first-order chi connectivity index (χ1) is 28.7. The van der Waals surface area contributed by atoms with Crippen LogP contribution in [0.4, 0.5) is 0 Å². The number of hydrogen-bond acceptors (Lipinski definition) is 7. The first-order valence-electron chi connectivity index (χ1n) is 21.3. The van der Waals surface area contributed by atoms with E-state index in [0.29, 0.717) is 43.1 Å². The highest BCUT2D eigenvalue weighted by atomic mass is 16.6. The van der Waals surface area contributed by atoms with Crippen LogP contribution in [-0.4, -0.2) is 51.7 Å². The topological polar surface area (TPSA) is 110 Å². The zero-order valence-electron chi connectivity index (χ0n) is 34.1. The smallest absolute Gasteiger partial charge is 0.326 e. The molecule has 3 heterocycles. The number of aromatic nitrogens is 1. The molecule has 4 aromatic carbocycles. The Morgan fingerprint density at radius 2 is 1.71 bits per heavy atom. The van der Waals surface area contributed by atoms with Gasteiger partial charge in [0.2, 0.25) is 5.91 Å². The van der Waals surface area contributed by atoms with Gasteiger partial charge in [-0.25, -0.2) is 4.79 Å². The van der Waals surface area contributed by atoms with Gasteiger partial charge in [0, 0.05) is 30.9 Å². The first kappa shape index (κ1) is 38.8. The standard InChI is InChI=1S/C50H53N3O6/c1-4-43(35-8-6-5-7-9-35)53-28-39-27-47-46(57-29-48(59-47)36-16-18-40(19-17-36)58-45-24-33-12-15-37(45)22-33)26-38(39)25-44(53)49(54)52-42(50(55)56)23-32-10-13-34(14-11-32)41-20-21-51-31(3)30(41)2/h5-11,13-14,16-21,26-27,33,37,42-45,48H,4,12,15,22-25,28-29H2,1-3H3,(H,52,54)(H,55,56)/t33?,37?,42?,43-,44-,45?,48+/m0/s1. The molecule has 0 spiro atoms. The molecule has 0 radical (unpaired) electrons. The van der Waals surface area contributed by atoms with Gasteiger partial charge >= 0.3 is 5.97 Å². The summed E-state index contributed by atoms with van der Waals surface area (Å²) in [6.07, 6.45) is 8.32. The molecule has 2 fully saturated rings. The maximum atomic E-state index is 14.4. The Morgan fingerprint density at radius 1 is 0.932 bits per heavy atom. The Balaban J connectivity index is 0.928. The van der Waals surface area contributed by atoms with Gasteiger partial charge < -0.3 is 24.6 Å². The maximum absolute atomic E-state index is 14.4. The van der Waals surface area contributed by atoms with Crippen molar-refractivity contribution in [3.05, 3.63) is 142 Å². The van der Waals surface area contributed by atoms with Crippen molar-refractivity contribution in [2.24, 2.45) is 11.8 Å². The highest BCUT2D eigenvalue weighted by Gasteiger charge is 2.41. The number of carboxylic acids is 1. The molecule has 4 unspecified atom stereocenters. The molecule has 59 heavy (non-hydrogen) atoms. The molecule has 2 aliphatic heterocycles. The molecule has 2 aliphatic carbocycles. The fraction of sp³-hybridized carbons (Fsp3) is 0.380. The van der Waals surface area contributed by atoms with Crippen LogP contribution in [0.25, 0.3) is 11.1 Å². The Kier molecular flexibility index (Phi) is 10.9. The Hall–Kier alpha value is -5.67. The van der Waals surface area contributed by atoms with Gasteiger partial charge in [-0.2, -0.15) is 0 Å². The molecule has 9 rings (SSSR count). The monoisotopic (exact) mass is 791 g/mol. The second-order valence-electron chi connectivity index (χ2n) is 17.0. The lowest BCUT2D eigenvalue weighted by Gasteiger charge is -2.42. The minimum Gasteiger partial charge on any atom is -0.490 e. The lowest BCUT2D eigenvalue weighted by molar-refractivity contribution is -0.143. The lowest BCUT2D eigenvalue weighted by atomic mass is 9.89. The van der Waals surface area contributed by atoms with Gasteiger partial charge in [-0.1, -0.05) is 73.7 Å². The van der Waals surface area contributed by atoms with E-state index in [1.165, 1.54) is 25.7 Å². The van der Waals surface area contributed by atoms with Crippen LogP contribution in [0.1, 0.15) is 90.2 Å². The third kappa shape index (κ3) is 8.05. The molecular formula is C50H53N3O6. The summed E-state index contributed by atoms with van der Waals surface area (Å²) in [5.74, 6) is 2.41. The number of fused-ring (bicyclic) bond motifs is 4. The summed E-state index contributed by atoms with van der Waals surface area (Å²) in [4.78, 5) is 33.8. The molecule has 0 saturated heterocycles. The van der Waals surface area contributed by atoms with Gasteiger partial charge in [0.05, 0.1) is 6.04 Å². The van der Waals surface area contributed by atoms with Gasteiger partial charge in [-0.15, -0.1) is 0 Å². The number of aryl methyl sites for hydroxylation is 1. The predicted molar refractivity (Wildman–Crippen MR) is 227 cm³/mol. The van der Waals surface area contributed by atoms with Crippen LogP contribution in [0.2, 0.25) is 0 Å². The zero-order chi connectivity index (χ0) is 40.6. The van der Waals surface area contributed by atoms with Crippen LogP contribution < -0.4 is 19.5 Å². The zero-order valence-corrected chi connectivity index (χ0v) is 34.1. The number of rotatable bonds is 12. The minimum absolute atomic E-state index is 0.0719. The minimum atomic E-state index is -1.10. The van der Waals surface area contributed by atoms with E-state index in [0.717, 1.165) is 68.3 Å². The van der Waals surface area contributed by atoms with Crippen LogP contribution in [0.3, 0.4) is 0 Å². The van der Waals surface area contributed by atoms with E-state index in [2.05, 4.69) is 71.5 Å². The van der Waals surface area contributed by atoms with E-state index in [4.69, 9.17) is 14.2 Å². The molecule has 4 aliphatic rings. The van der Waals surface area contributed by atoms with Gasteiger partial charge in [-0.05, 0) is 139 Å². The van der Waals surface area contributed by atoms with E-state index < -0.39 is 18.1 Å². The molecule has 2 N–H and O–H groups in total. The first-order valence-corrected chi connectivity index (χ1v) is 21.3. The third-order valence-electron chi connectivity index (χ3n) is 13.4. The van der Waals surface area contributed by atoms with Gasteiger partial charge in [-0.3, -0.25) is 14.7 Å². The van der Waals surface area contributed by atoms with E-state index in [9.17, 15) is 14.7 Å². The van der Waals surface area contributed by atoms with Crippen molar-refractivity contribution in [3.8, 4) is 28.4 Å². The molecule has 2 bridgehead atoms. The van der Waals surface area contributed by atoms with E-state index >= 15 is 0 Å². The Bertz CT molecular complexity index is 2310. The number of pyridine rings is 1. The third-order valence-corrected chi connectivity index (χ3v) is 13.4. The number of carboxylic acid groups (broad SMARTS) is 1. The fourth-order valence-electron chi connectivity index (χ4n) is 9.99. The van der Waals surface area contributed by atoms with Crippen molar-refractivity contribution in [1.29, 1.82) is 0 Å². The fourth-order valence-corrected chi connectivity index (χ4v) is 9.99. The number of nitrogens with zero attached hydrogens (tertiary/aromatic N) is 2. The molecular weight excluding hydrogens is 739 g/mol. The lowest BCUT2D eigenvalue weighted by Crippen LogP contribution is -2.55. The van der Waals surface area contributed by atoms with Crippen molar-refractivity contribution in [3.63, 3.8) is 0 Å². The predicted octanol–water partition coefficient (Wildman–Crippen LogP) is 9.14. The summed E-state index contributed by atoms with van der Waals surface area (Å²) in [5, 5.41) is 13.3. The summed E-state index contributed by atoms with van der Waals surface area (Å²) >= 11 is 0. The second kappa shape index (κ2) is 16.5. The number of ether oxygens (including phenoxy) is 3. The van der Waals surface area contributed by atoms with Gasteiger partial charge in [0.15, 0.2) is 17.6 Å². The van der Waals surface area contributed by atoms with Crippen molar-refractivity contribution in [2.45, 2.75) is 103 Å². The summed E-state index contributed by atoms with van der Waals surface area (Å²) in [6, 6.07) is 30.7. The average Bonchev–Trinajstić information content (AvgIpc) is 3.88. The number of amides is 1. The summed E-state index contributed by atoms with van der Waals surface area (Å²) in [7, 11) is 0. The van der Waals surface area contributed by atoms with Crippen LogP contribution in [-0.2, 0) is 29.0 Å². The quantitative estimate of drug-likeness (QED) is 0.129. The van der Waals surface area contributed by atoms with Crippen molar-refractivity contribution in [1.82, 2.24) is 15.2 Å². The highest BCUT2D eigenvalue weighted by molar-refractivity contribution is 5.87. The molecule has 2 saturated carbocycles. The van der Waals surface area contributed by atoms with Crippen LogP contribution in [0, 0.1) is 25.7 Å². The normalized spacial score (nSPS) is 22.9. The van der Waals surface area contributed by atoms with Gasteiger partial charge in [0.1, 0.15) is 24.5 Å². The summed E-state index contributed by atoms with van der Waals surface area (Å²) in [6.45, 7) is 7.02. The van der Waals surface area contributed by atoms with Crippen LogP contribution in [0.5, 0.6) is 17.2 Å². The molecule has 5 aromatic rings. The number of carbonyl (C=O) groups excluding carboxylic acids is 1. The molecule has 304 valence electrons. The van der Waals surface area contributed by atoms with Crippen LogP contribution >= 0.6 is 0 Å².